The molecule has 1 saturated heterocycles. The fourth-order valence-electron chi connectivity index (χ4n) is 2.51. The zero-order valence-corrected chi connectivity index (χ0v) is 11.5. The van der Waals surface area contributed by atoms with Crippen molar-refractivity contribution < 1.29 is 9.84 Å². The fourth-order valence-corrected chi connectivity index (χ4v) is 2.51. The Hall–Kier alpha value is -0.910. The summed E-state index contributed by atoms with van der Waals surface area (Å²) in [7, 11) is 0. The summed E-state index contributed by atoms with van der Waals surface area (Å²) in [5, 5.41) is 14.9. The van der Waals surface area contributed by atoms with E-state index in [9.17, 15) is 5.11 Å². The minimum absolute atomic E-state index is 0.309. The number of rotatable bonds is 4. The molecule has 2 heterocycles. The molecule has 0 saturated carbocycles. The van der Waals surface area contributed by atoms with Crippen LogP contribution in [0, 0.1) is 0 Å². The maximum Gasteiger partial charge on any atom is 0.113 e. The normalized spacial score (nSPS) is 20.0. The lowest BCUT2D eigenvalue weighted by molar-refractivity contribution is -0.0654. The van der Waals surface area contributed by atoms with Crippen LogP contribution in [0.4, 0.5) is 0 Å². The van der Waals surface area contributed by atoms with Gasteiger partial charge >= 0.3 is 0 Å². The van der Waals surface area contributed by atoms with Crippen molar-refractivity contribution in [2.75, 3.05) is 26.3 Å². The smallest absolute Gasteiger partial charge is 0.113 e. The molecule has 0 spiro atoms. The summed E-state index contributed by atoms with van der Waals surface area (Å²) in [4.78, 5) is 2.29. The number of aliphatic hydroxyl groups excluding tert-OH is 1. The summed E-state index contributed by atoms with van der Waals surface area (Å²) in [5.74, 6) is 0. The molecule has 1 aromatic rings. The molecule has 1 fully saturated rings. The molecule has 1 aromatic heterocycles. The lowest BCUT2D eigenvalue weighted by Crippen LogP contribution is -2.53. The number of hydrogen-bond donors (Lipinski definition) is 1. The first-order chi connectivity index (χ1) is 8.57. The molecule has 2 rings (SSSR count). The van der Waals surface area contributed by atoms with Gasteiger partial charge in [0.15, 0.2) is 0 Å². The van der Waals surface area contributed by atoms with E-state index in [1.54, 1.807) is 6.20 Å². The first-order valence-corrected chi connectivity index (χ1v) is 6.60. The molecule has 1 aliphatic heterocycles. The molecule has 1 unspecified atom stereocenters. The minimum Gasteiger partial charge on any atom is -0.385 e. The van der Waals surface area contributed by atoms with E-state index in [0.29, 0.717) is 0 Å². The molecule has 18 heavy (non-hydrogen) atoms. The van der Waals surface area contributed by atoms with E-state index >= 15 is 0 Å². The highest BCUT2D eigenvalue weighted by molar-refractivity contribution is 5.11. The summed E-state index contributed by atoms with van der Waals surface area (Å²) in [6, 6.07) is 1.90. The number of morpholine rings is 1. The molecular formula is C13H23N3O2. The quantitative estimate of drug-likeness (QED) is 0.871. The van der Waals surface area contributed by atoms with Crippen LogP contribution < -0.4 is 0 Å². The highest BCUT2D eigenvalue weighted by atomic mass is 16.5. The lowest BCUT2D eigenvalue weighted by atomic mass is 9.92. The van der Waals surface area contributed by atoms with Crippen molar-refractivity contribution in [1.82, 2.24) is 14.7 Å². The predicted molar refractivity (Wildman–Crippen MR) is 69.3 cm³/mol. The Labute approximate surface area is 108 Å². The summed E-state index contributed by atoms with van der Waals surface area (Å²) in [6.07, 6.45) is 1.20. The van der Waals surface area contributed by atoms with Gasteiger partial charge in [-0.25, -0.2) is 0 Å². The molecule has 1 atom stereocenters. The van der Waals surface area contributed by atoms with Crippen LogP contribution in [0.25, 0.3) is 0 Å². The Morgan fingerprint density at radius 2 is 2.11 bits per heavy atom. The largest absolute Gasteiger partial charge is 0.385 e. The van der Waals surface area contributed by atoms with Gasteiger partial charge in [-0.2, -0.15) is 5.10 Å². The van der Waals surface area contributed by atoms with Crippen molar-refractivity contribution in [2.45, 2.75) is 39.0 Å². The Balaban J connectivity index is 2.17. The van der Waals surface area contributed by atoms with Crippen molar-refractivity contribution in [3.63, 3.8) is 0 Å². The average Bonchev–Trinajstić information content (AvgIpc) is 2.87. The van der Waals surface area contributed by atoms with Crippen LogP contribution in [0.1, 0.15) is 32.6 Å². The summed E-state index contributed by atoms with van der Waals surface area (Å²) in [5.41, 5.74) is 0.575. The summed E-state index contributed by atoms with van der Waals surface area (Å²) >= 11 is 0. The second-order valence-corrected chi connectivity index (χ2v) is 5.23. The van der Waals surface area contributed by atoms with E-state index in [1.807, 2.05) is 17.7 Å². The number of aromatic nitrogens is 2. The number of aryl methyl sites for hydroxylation is 1. The van der Waals surface area contributed by atoms with Gasteiger partial charge in [-0.05, 0) is 26.8 Å². The zero-order chi connectivity index (χ0) is 13.2. The summed E-state index contributed by atoms with van der Waals surface area (Å²) in [6.45, 7) is 10.2. The predicted octanol–water partition coefficient (Wildman–Crippen LogP) is 1.05. The van der Waals surface area contributed by atoms with E-state index in [4.69, 9.17) is 4.74 Å². The van der Waals surface area contributed by atoms with Crippen molar-refractivity contribution >= 4 is 0 Å². The van der Waals surface area contributed by atoms with E-state index in [1.165, 1.54) is 0 Å². The molecule has 0 aromatic carbocycles. The third kappa shape index (κ3) is 2.43. The van der Waals surface area contributed by atoms with Crippen molar-refractivity contribution in [3.8, 4) is 0 Å². The van der Waals surface area contributed by atoms with Crippen LogP contribution in [0.15, 0.2) is 12.3 Å². The van der Waals surface area contributed by atoms with Crippen LogP contribution in [0.5, 0.6) is 0 Å². The third-order valence-electron chi connectivity index (χ3n) is 3.82. The maximum absolute atomic E-state index is 10.7. The fraction of sp³-hybridized carbons (Fsp3) is 0.769. The van der Waals surface area contributed by atoms with E-state index in [2.05, 4.69) is 23.8 Å². The number of hydrogen-bond acceptors (Lipinski definition) is 4. The minimum atomic E-state index is -0.543. The van der Waals surface area contributed by atoms with Crippen LogP contribution in [0.2, 0.25) is 0 Å². The molecule has 0 amide bonds. The Kier molecular flexibility index (Phi) is 4.04. The monoisotopic (exact) mass is 253 g/mol. The SMILES string of the molecule is CCn1nccc1C(O)C(C)(C)N1CCOCC1. The van der Waals surface area contributed by atoms with Gasteiger partial charge in [0.1, 0.15) is 6.10 Å². The van der Waals surface area contributed by atoms with Gasteiger partial charge in [-0.15, -0.1) is 0 Å². The first-order valence-electron chi connectivity index (χ1n) is 6.60. The number of ether oxygens (including phenoxy) is 1. The van der Waals surface area contributed by atoms with E-state index in [-0.39, 0.29) is 5.54 Å². The first kappa shape index (κ1) is 13.5. The molecular weight excluding hydrogens is 230 g/mol. The molecule has 0 radical (unpaired) electrons. The van der Waals surface area contributed by atoms with Gasteiger partial charge in [-0.1, -0.05) is 0 Å². The second kappa shape index (κ2) is 5.38. The van der Waals surface area contributed by atoms with Crippen molar-refractivity contribution in [1.29, 1.82) is 0 Å². The van der Waals surface area contributed by atoms with Crippen LogP contribution in [0.3, 0.4) is 0 Å². The molecule has 5 nitrogen and oxygen atoms in total. The number of aliphatic hydroxyl groups is 1. The van der Waals surface area contributed by atoms with Gasteiger partial charge in [0.25, 0.3) is 0 Å². The molecule has 0 bridgehead atoms. The van der Waals surface area contributed by atoms with Gasteiger partial charge in [0, 0.05) is 31.4 Å². The topological polar surface area (TPSA) is 50.5 Å². The van der Waals surface area contributed by atoms with Gasteiger partial charge in [-0.3, -0.25) is 9.58 Å². The third-order valence-corrected chi connectivity index (χ3v) is 3.82. The van der Waals surface area contributed by atoms with E-state index < -0.39 is 6.10 Å². The molecule has 102 valence electrons. The van der Waals surface area contributed by atoms with Crippen molar-refractivity contribution in [3.05, 3.63) is 18.0 Å². The molecule has 5 heteroatoms. The molecule has 1 aliphatic rings. The highest BCUT2D eigenvalue weighted by Crippen LogP contribution is 2.31. The van der Waals surface area contributed by atoms with Crippen LogP contribution in [-0.4, -0.2) is 51.6 Å². The van der Waals surface area contributed by atoms with Crippen LogP contribution >= 0.6 is 0 Å². The van der Waals surface area contributed by atoms with Crippen LogP contribution in [-0.2, 0) is 11.3 Å². The Morgan fingerprint density at radius 1 is 1.44 bits per heavy atom. The van der Waals surface area contributed by atoms with E-state index in [0.717, 1.165) is 38.5 Å². The van der Waals surface area contributed by atoms with Gasteiger partial charge < -0.3 is 9.84 Å². The Morgan fingerprint density at radius 3 is 2.72 bits per heavy atom. The standard InChI is InChI=1S/C13H23N3O2/c1-4-16-11(5-6-14-16)12(17)13(2,3)15-7-9-18-10-8-15/h5-6,12,17H,4,7-10H2,1-3H3. The van der Waals surface area contributed by atoms with Gasteiger partial charge in [0.2, 0.25) is 0 Å². The van der Waals surface area contributed by atoms with Crippen molar-refractivity contribution in [2.24, 2.45) is 0 Å². The second-order valence-electron chi connectivity index (χ2n) is 5.23. The number of nitrogens with zero attached hydrogens (tertiary/aromatic N) is 3. The maximum atomic E-state index is 10.7. The zero-order valence-electron chi connectivity index (χ0n) is 11.5. The highest BCUT2D eigenvalue weighted by Gasteiger charge is 2.37. The average molecular weight is 253 g/mol. The molecule has 0 aliphatic carbocycles. The Bertz CT molecular complexity index is 383. The summed E-state index contributed by atoms with van der Waals surface area (Å²) < 4.78 is 7.22. The van der Waals surface area contributed by atoms with Gasteiger partial charge in [0.05, 0.1) is 18.9 Å². The lowest BCUT2D eigenvalue weighted by Gasteiger charge is -2.43. The molecule has 1 N–H and O–H groups in total.